The first kappa shape index (κ1) is 22.5. The molecule has 0 radical (unpaired) electrons. The number of nitrogens with zero attached hydrogens (tertiary/aromatic N) is 1. The van der Waals surface area contributed by atoms with Crippen molar-refractivity contribution in [3.05, 3.63) is 130 Å². The summed E-state index contributed by atoms with van der Waals surface area (Å²) < 4.78 is 6.81. The molecule has 5 aromatic rings. The van der Waals surface area contributed by atoms with Gasteiger partial charge in [-0.1, -0.05) is 94.8 Å². The van der Waals surface area contributed by atoms with Gasteiger partial charge in [0.25, 0.3) is 0 Å². The topological polar surface area (TPSA) is 54.4 Å². The molecule has 176 valence electrons. The molecule has 0 amide bonds. The zero-order valence-electron chi connectivity index (χ0n) is 19.6. The molecule has 0 unspecified atom stereocenters. The van der Waals surface area contributed by atoms with Crippen LogP contribution in [0.1, 0.15) is 29.5 Å². The number of ether oxygens (including phenoxy) is 1. The average molecular weight is 535 g/mol. The van der Waals surface area contributed by atoms with Gasteiger partial charge >= 0.3 is 5.97 Å². The monoisotopic (exact) mass is 534 g/mol. The molecule has 36 heavy (non-hydrogen) atoms. The Hall–Kier alpha value is -3.96. The molecular formula is C31H23BrN2O2. The maximum Gasteiger partial charge on any atom is 0.341 e. The van der Waals surface area contributed by atoms with E-state index in [2.05, 4.69) is 57.3 Å². The highest BCUT2D eigenvalue weighted by atomic mass is 79.9. The number of hydrogen-bond acceptors (Lipinski definition) is 3. The number of carbonyl (C=O) groups excluding carboxylic acids is 1. The third-order valence-electron chi connectivity index (χ3n) is 6.82. The summed E-state index contributed by atoms with van der Waals surface area (Å²) >= 11 is 3.56. The first-order chi connectivity index (χ1) is 17.5. The first-order valence-corrected chi connectivity index (χ1v) is 12.6. The van der Waals surface area contributed by atoms with Crippen LogP contribution in [0.2, 0.25) is 0 Å². The molecule has 1 aliphatic heterocycles. The summed E-state index contributed by atoms with van der Waals surface area (Å²) in [6.45, 7) is 1.88. The predicted molar refractivity (Wildman–Crippen MR) is 147 cm³/mol. The van der Waals surface area contributed by atoms with Crippen molar-refractivity contribution >= 4 is 38.7 Å². The summed E-state index contributed by atoms with van der Waals surface area (Å²) in [7, 11) is 0. The third kappa shape index (κ3) is 3.76. The number of aromatic amines is 1. The molecule has 5 heteroatoms. The van der Waals surface area contributed by atoms with Crippen molar-refractivity contribution in [2.45, 2.75) is 18.4 Å². The second kappa shape index (κ2) is 8.92. The van der Waals surface area contributed by atoms with Gasteiger partial charge in [-0.2, -0.15) is 0 Å². The number of aromatic nitrogens is 1. The lowest BCUT2D eigenvalue weighted by Gasteiger charge is -2.30. The summed E-state index contributed by atoms with van der Waals surface area (Å²) in [5.41, 5.74) is 4.65. The summed E-state index contributed by atoms with van der Waals surface area (Å²) in [6.07, 6.45) is 0. The minimum atomic E-state index is -1.17. The highest BCUT2D eigenvalue weighted by Gasteiger charge is 2.51. The molecule has 2 atom stereocenters. The van der Waals surface area contributed by atoms with E-state index in [-0.39, 0.29) is 5.97 Å². The fraction of sp³-hybridized carbons (Fsp3) is 0.0968. The van der Waals surface area contributed by atoms with Crippen molar-refractivity contribution in [1.29, 1.82) is 0 Å². The number of fused-ring (bicyclic) bond motifs is 1. The Morgan fingerprint density at radius 1 is 0.806 bits per heavy atom. The van der Waals surface area contributed by atoms with Gasteiger partial charge in [0.1, 0.15) is 0 Å². The van der Waals surface area contributed by atoms with Crippen LogP contribution in [0.15, 0.2) is 119 Å². The lowest BCUT2D eigenvalue weighted by molar-refractivity contribution is -0.138. The number of nitrogens with one attached hydrogen (secondary N) is 1. The van der Waals surface area contributed by atoms with Gasteiger partial charge in [0.2, 0.25) is 5.90 Å². The fourth-order valence-corrected chi connectivity index (χ4v) is 5.34. The van der Waals surface area contributed by atoms with E-state index in [4.69, 9.17) is 9.73 Å². The van der Waals surface area contributed by atoms with Crippen molar-refractivity contribution < 1.29 is 9.53 Å². The van der Waals surface area contributed by atoms with E-state index in [9.17, 15) is 4.79 Å². The van der Waals surface area contributed by atoms with E-state index in [0.717, 1.165) is 43.3 Å². The van der Waals surface area contributed by atoms with Crippen LogP contribution in [0.3, 0.4) is 0 Å². The maximum atomic E-state index is 13.7. The van der Waals surface area contributed by atoms with Crippen molar-refractivity contribution in [1.82, 2.24) is 4.98 Å². The van der Waals surface area contributed by atoms with Gasteiger partial charge in [0.05, 0.1) is 5.69 Å². The summed E-state index contributed by atoms with van der Waals surface area (Å²) in [5, 5.41) is 1.06. The minimum Gasteiger partial charge on any atom is -0.405 e. The van der Waals surface area contributed by atoms with E-state index in [1.165, 1.54) is 0 Å². The Morgan fingerprint density at radius 3 is 2.11 bits per heavy atom. The molecule has 0 saturated heterocycles. The maximum absolute atomic E-state index is 13.7. The van der Waals surface area contributed by atoms with Crippen molar-refractivity contribution in [2.24, 2.45) is 4.99 Å². The standard InChI is InChI=1S/C31H23BrN2O2/c1-31(30(35)36-29(34-31)22-12-6-3-7-13-22)27(20-16-18-23(32)19-17-20)26-24-14-8-9-15-25(24)33-28(26)21-10-4-2-5-11-21/h2-19,27,33H,1H3/t27-,31+/m1/s1. The number of cyclic esters (lactones) is 1. The quantitative estimate of drug-likeness (QED) is 0.237. The number of carbonyl (C=O) groups is 1. The SMILES string of the molecule is C[C@@]1([C@H](c2ccc(Br)cc2)c2c(-c3ccccc3)[nH]c3ccccc23)N=C(c2ccccc2)OC1=O. The number of H-pyrrole nitrogens is 1. The molecule has 0 bridgehead atoms. The van der Waals surface area contributed by atoms with Gasteiger partial charge < -0.3 is 9.72 Å². The summed E-state index contributed by atoms with van der Waals surface area (Å²) in [4.78, 5) is 22.3. The van der Waals surface area contributed by atoms with Gasteiger partial charge in [0, 0.05) is 26.9 Å². The van der Waals surface area contributed by atoms with Crippen LogP contribution in [0.25, 0.3) is 22.2 Å². The van der Waals surface area contributed by atoms with Gasteiger partial charge in [-0.25, -0.2) is 9.79 Å². The zero-order chi connectivity index (χ0) is 24.7. The first-order valence-electron chi connectivity index (χ1n) is 11.8. The molecule has 0 spiro atoms. The van der Waals surface area contributed by atoms with Gasteiger partial charge in [-0.15, -0.1) is 0 Å². The summed E-state index contributed by atoms with van der Waals surface area (Å²) in [6, 6.07) is 36.1. The second-order valence-corrected chi connectivity index (χ2v) is 10.0. The highest BCUT2D eigenvalue weighted by molar-refractivity contribution is 9.10. The molecule has 1 N–H and O–H groups in total. The molecule has 4 nitrogen and oxygen atoms in total. The van der Waals surface area contributed by atoms with E-state index >= 15 is 0 Å². The van der Waals surface area contributed by atoms with E-state index < -0.39 is 11.5 Å². The molecule has 0 fully saturated rings. The Balaban J connectivity index is 1.64. The van der Waals surface area contributed by atoms with Crippen molar-refractivity contribution in [2.75, 3.05) is 0 Å². The van der Waals surface area contributed by atoms with Crippen LogP contribution in [0.4, 0.5) is 0 Å². The molecule has 0 saturated carbocycles. The predicted octanol–water partition coefficient (Wildman–Crippen LogP) is 7.49. The molecule has 6 rings (SSSR count). The van der Waals surface area contributed by atoms with Gasteiger partial charge in [-0.05, 0) is 53.9 Å². The molecule has 1 aromatic heterocycles. The highest BCUT2D eigenvalue weighted by Crippen LogP contribution is 2.47. The van der Waals surface area contributed by atoms with Crippen LogP contribution in [0, 0.1) is 0 Å². The second-order valence-electron chi connectivity index (χ2n) is 9.13. The molecule has 1 aliphatic rings. The number of hydrogen-bond donors (Lipinski definition) is 1. The molecule has 4 aromatic carbocycles. The number of rotatable bonds is 5. The van der Waals surface area contributed by atoms with Gasteiger partial charge in [0.15, 0.2) is 5.54 Å². The van der Waals surface area contributed by atoms with Crippen LogP contribution in [-0.2, 0) is 9.53 Å². The Labute approximate surface area is 217 Å². The number of esters is 1. The normalized spacial score (nSPS) is 18.2. The van der Waals surface area contributed by atoms with E-state index in [0.29, 0.717) is 5.90 Å². The minimum absolute atomic E-state index is 0.353. The van der Waals surface area contributed by atoms with Crippen molar-refractivity contribution in [3.63, 3.8) is 0 Å². The largest absolute Gasteiger partial charge is 0.405 e. The lowest BCUT2D eigenvalue weighted by atomic mass is 9.75. The van der Waals surface area contributed by atoms with E-state index in [1.807, 2.05) is 79.7 Å². The fourth-order valence-electron chi connectivity index (χ4n) is 5.08. The van der Waals surface area contributed by atoms with Crippen LogP contribution < -0.4 is 0 Å². The Kier molecular flexibility index (Phi) is 5.57. The van der Waals surface area contributed by atoms with E-state index in [1.54, 1.807) is 0 Å². The Bertz CT molecular complexity index is 1590. The lowest BCUT2D eigenvalue weighted by Crippen LogP contribution is -2.38. The smallest absolute Gasteiger partial charge is 0.341 e. The van der Waals surface area contributed by atoms with Gasteiger partial charge in [-0.3, -0.25) is 0 Å². The average Bonchev–Trinajstić information content (AvgIpc) is 3.44. The van der Waals surface area contributed by atoms with Crippen molar-refractivity contribution in [3.8, 4) is 11.3 Å². The molecule has 2 heterocycles. The molecular weight excluding hydrogens is 512 g/mol. The number of aliphatic imine (C=N–C) groups is 1. The number of benzene rings is 4. The molecule has 0 aliphatic carbocycles. The Morgan fingerprint density at radius 2 is 1.42 bits per heavy atom. The van der Waals surface area contributed by atoms with Crippen LogP contribution in [0.5, 0.6) is 0 Å². The number of para-hydroxylation sites is 1. The van der Waals surface area contributed by atoms with Crippen LogP contribution in [-0.4, -0.2) is 22.4 Å². The summed E-state index contributed by atoms with van der Waals surface area (Å²) in [5.74, 6) is -0.407. The van der Waals surface area contributed by atoms with Crippen LogP contribution >= 0.6 is 15.9 Å². The third-order valence-corrected chi connectivity index (χ3v) is 7.35. The zero-order valence-corrected chi connectivity index (χ0v) is 21.2. The number of halogens is 1.